The highest BCUT2D eigenvalue weighted by molar-refractivity contribution is 5.78. The van der Waals surface area contributed by atoms with Gasteiger partial charge in [0.1, 0.15) is 5.78 Å². The molecule has 0 aromatic carbocycles. The van der Waals surface area contributed by atoms with Crippen LogP contribution in [-0.4, -0.2) is 22.1 Å². The van der Waals surface area contributed by atoms with E-state index in [0.29, 0.717) is 19.4 Å². The van der Waals surface area contributed by atoms with Crippen LogP contribution in [0.25, 0.3) is 0 Å². The number of nitrogens with two attached hydrogens (primary N) is 1. The standard InChI is InChI=1S/C9H15N3O/c1-12-7-8(6-11-12)2-3-9(13)4-5-10/h6-7H,2-5,10H2,1H3. The number of hydrogen-bond acceptors (Lipinski definition) is 3. The minimum atomic E-state index is 0.228. The molecule has 0 saturated heterocycles. The maximum atomic E-state index is 11.1. The van der Waals surface area contributed by atoms with Crippen LogP contribution in [-0.2, 0) is 18.3 Å². The molecule has 0 aliphatic rings. The number of nitrogens with zero attached hydrogens (tertiary/aromatic N) is 2. The fourth-order valence-corrected chi connectivity index (χ4v) is 1.17. The normalized spacial score (nSPS) is 10.3. The van der Waals surface area contributed by atoms with Crippen molar-refractivity contribution in [3.63, 3.8) is 0 Å². The monoisotopic (exact) mass is 181 g/mol. The first-order valence-electron chi connectivity index (χ1n) is 4.41. The summed E-state index contributed by atoms with van der Waals surface area (Å²) in [5, 5.41) is 4.02. The molecule has 0 fully saturated rings. The Bertz CT molecular complexity index is 280. The molecule has 1 heterocycles. The van der Waals surface area contributed by atoms with Crippen LogP contribution in [0.2, 0.25) is 0 Å². The van der Waals surface area contributed by atoms with Crippen molar-refractivity contribution >= 4 is 5.78 Å². The second-order valence-corrected chi connectivity index (χ2v) is 3.10. The Balaban J connectivity index is 2.30. The molecule has 4 heteroatoms. The Morgan fingerprint density at radius 1 is 1.62 bits per heavy atom. The van der Waals surface area contributed by atoms with E-state index in [-0.39, 0.29) is 5.78 Å². The summed E-state index contributed by atoms with van der Waals surface area (Å²) in [6, 6.07) is 0. The highest BCUT2D eigenvalue weighted by Crippen LogP contribution is 2.02. The zero-order chi connectivity index (χ0) is 9.68. The topological polar surface area (TPSA) is 60.9 Å². The van der Waals surface area contributed by atoms with Crippen LogP contribution in [0.3, 0.4) is 0 Å². The third-order valence-electron chi connectivity index (χ3n) is 1.87. The first-order chi connectivity index (χ1) is 6.22. The molecule has 0 radical (unpaired) electrons. The van der Waals surface area contributed by atoms with Crippen LogP contribution in [0.4, 0.5) is 0 Å². The Hall–Kier alpha value is -1.16. The van der Waals surface area contributed by atoms with E-state index in [4.69, 9.17) is 5.73 Å². The van der Waals surface area contributed by atoms with Gasteiger partial charge in [-0.3, -0.25) is 9.48 Å². The molecule has 1 aromatic heterocycles. The van der Waals surface area contributed by atoms with Gasteiger partial charge in [0.05, 0.1) is 6.20 Å². The molecular formula is C9H15N3O. The molecule has 0 aliphatic heterocycles. The van der Waals surface area contributed by atoms with Crippen molar-refractivity contribution in [2.75, 3.05) is 6.54 Å². The fourth-order valence-electron chi connectivity index (χ4n) is 1.17. The number of ketones is 1. The second kappa shape index (κ2) is 4.77. The van der Waals surface area contributed by atoms with E-state index in [2.05, 4.69) is 5.10 Å². The van der Waals surface area contributed by atoms with E-state index in [0.717, 1.165) is 12.0 Å². The Labute approximate surface area is 77.7 Å². The van der Waals surface area contributed by atoms with Crippen LogP contribution in [0.5, 0.6) is 0 Å². The number of Topliss-reactive ketones (excluding diaryl/α,β-unsaturated/α-hetero) is 1. The van der Waals surface area contributed by atoms with Crippen molar-refractivity contribution in [3.8, 4) is 0 Å². The van der Waals surface area contributed by atoms with Crippen LogP contribution < -0.4 is 5.73 Å². The van der Waals surface area contributed by atoms with Gasteiger partial charge in [-0.2, -0.15) is 5.10 Å². The van der Waals surface area contributed by atoms with Crippen molar-refractivity contribution in [2.24, 2.45) is 12.8 Å². The highest BCUT2D eigenvalue weighted by Gasteiger charge is 2.02. The predicted molar refractivity (Wildman–Crippen MR) is 50.2 cm³/mol. The van der Waals surface area contributed by atoms with E-state index in [1.54, 1.807) is 10.9 Å². The maximum Gasteiger partial charge on any atom is 0.134 e. The van der Waals surface area contributed by atoms with Crippen molar-refractivity contribution in [3.05, 3.63) is 18.0 Å². The van der Waals surface area contributed by atoms with E-state index < -0.39 is 0 Å². The van der Waals surface area contributed by atoms with Gasteiger partial charge in [0.2, 0.25) is 0 Å². The van der Waals surface area contributed by atoms with Crippen molar-refractivity contribution < 1.29 is 4.79 Å². The molecule has 0 bridgehead atoms. The van der Waals surface area contributed by atoms with Gasteiger partial charge in [-0.05, 0) is 18.5 Å². The lowest BCUT2D eigenvalue weighted by atomic mass is 10.1. The molecule has 2 N–H and O–H groups in total. The molecule has 4 nitrogen and oxygen atoms in total. The molecule has 72 valence electrons. The Morgan fingerprint density at radius 3 is 2.92 bits per heavy atom. The molecule has 0 spiro atoms. The largest absolute Gasteiger partial charge is 0.330 e. The average molecular weight is 181 g/mol. The van der Waals surface area contributed by atoms with Crippen LogP contribution in [0.15, 0.2) is 12.4 Å². The lowest BCUT2D eigenvalue weighted by Crippen LogP contribution is -2.08. The number of hydrogen-bond donors (Lipinski definition) is 1. The van der Waals surface area contributed by atoms with Gasteiger partial charge in [-0.1, -0.05) is 0 Å². The summed E-state index contributed by atoms with van der Waals surface area (Å²) < 4.78 is 1.74. The minimum Gasteiger partial charge on any atom is -0.330 e. The van der Waals surface area contributed by atoms with Crippen molar-refractivity contribution in [2.45, 2.75) is 19.3 Å². The zero-order valence-corrected chi connectivity index (χ0v) is 7.86. The summed E-state index contributed by atoms with van der Waals surface area (Å²) in [6.45, 7) is 0.450. The second-order valence-electron chi connectivity index (χ2n) is 3.10. The molecule has 0 amide bonds. The summed E-state index contributed by atoms with van der Waals surface area (Å²) in [5.41, 5.74) is 6.37. The zero-order valence-electron chi connectivity index (χ0n) is 7.86. The molecule has 0 unspecified atom stereocenters. The quantitative estimate of drug-likeness (QED) is 0.709. The molecule has 0 aliphatic carbocycles. The maximum absolute atomic E-state index is 11.1. The highest BCUT2D eigenvalue weighted by atomic mass is 16.1. The van der Waals surface area contributed by atoms with Crippen LogP contribution >= 0.6 is 0 Å². The average Bonchev–Trinajstić information content (AvgIpc) is 2.49. The fraction of sp³-hybridized carbons (Fsp3) is 0.556. The Morgan fingerprint density at radius 2 is 2.38 bits per heavy atom. The van der Waals surface area contributed by atoms with Crippen molar-refractivity contribution in [1.29, 1.82) is 0 Å². The summed E-state index contributed by atoms with van der Waals surface area (Å²) in [5.74, 6) is 0.228. The van der Waals surface area contributed by atoms with Gasteiger partial charge < -0.3 is 5.73 Å². The number of rotatable bonds is 5. The number of carbonyl (C=O) groups excluding carboxylic acids is 1. The van der Waals surface area contributed by atoms with E-state index >= 15 is 0 Å². The summed E-state index contributed by atoms with van der Waals surface area (Å²) in [4.78, 5) is 11.1. The molecule has 0 saturated carbocycles. The van der Waals surface area contributed by atoms with E-state index in [9.17, 15) is 4.79 Å². The van der Waals surface area contributed by atoms with E-state index in [1.165, 1.54) is 0 Å². The SMILES string of the molecule is Cn1cc(CCC(=O)CCN)cn1. The molecule has 13 heavy (non-hydrogen) atoms. The lowest BCUT2D eigenvalue weighted by Gasteiger charge is -1.95. The number of aryl methyl sites for hydroxylation is 2. The van der Waals surface area contributed by atoms with Gasteiger partial charge in [-0.15, -0.1) is 0 Å². The van der Waals surface area contributed by atoms with Gasteiger partial charge >= 0.3 is 0 Å². The van der Waals surface area contributed by atoms with Gasteiger partial charge in [0.25, 0.3) is 0 Å². The van der Waals surface area contributed by atoms with Gasteiger partial charge in [-0.25, -0.2) is 0 Å². The molecule has 0 atom stereocenters. The predicted octanol–water partition coefficient (Wildman–Crippen LogP) is 0.271. The number of carbonyl (C=O) groups is 1. The van der Waals surface area contributed by atoms with Crippen LogP contribution in [0, 0.1) is 0 Å². The van der Waals surface area contributed by atoms with Crippen molar-refractivity contribution in [1.82, 2.24) is 9.78 Å². The van der Waals surface area contributed by atoms with Gasteiger partial charge in [0.15, 0.2) is 0 Å². The third-order valence-corrected chi connectivity index (χ3v) is 1.87. The molecule has 1 aromatic rings. The van der Waals surface area contributed by atoms with Crippen LogP contribution in [0.1, 0.15) is 18.4 Å². The Kier molecular flexibility index (Phi) is 3.64. The van der Waals surface area contributed by atoms with E-state index in [1.807, 2.05) is 13.2 Å². The first-order valence-corrected chi connectivity index (χ1v) is 4.41. The minimum absolute atomic E-state index is 0.228. The lowest BCUT2D eigenvalue weighted by molar-refractivity contribution is -0.118. The third kappa shape index (κ3) is 3.38. The summed E-state index contributed by atoms with van der Waals surface area (Å²) in [7, 11) is 1.87. The first kappa shape index (κ1) is 9.92. The smallest absolute Gasteiger partial charge is 0.134 e. The summed E-state index contributed by atoms with van der Waals surface area (Å²) >= 11 is 0. The van der Waals surface area contributed by atoms with Gasteiger partial charge in [0, 0.05) is 26.1 Å². The summed E-state index contributed by atoms with van der Waals surface area (Å²) in [6.07, 6.45) is 5.54. The molecule has 1 rings (SSSR count). The molecular weight excluding hydrogens is 166 g/mol. The number of aromatic nitrogens is 2.